The largest absolute Gasteiger partial charge is 0.351 e. The Labute approximate surface area is 207 Å². The van der Waals surface area contributed by atoms with Crippen LogP contribution in [0.15, 0.2) is 35.2 Å². The number of nitriles is 1. The molecule has 4 aromatic rings. The fourth-order valence-electron chi connectivity index (χ4n) is 5.53. The highest BCUT2D eigenvalue weighted by atomic mass is 32.1. The second-order valence-corrected chi connectivity index (χ2v) is 10.1. The standard InChI is InChI=1S/C25H27N9S/c1-15-9-23(33-32-15)30-24-20-6-3-16(22-13-35-14-27-22)10-21(20)29-25(31-24)28-17-11-18-4-5-19(12-17)34(18)8-2-7-26/h3,6,9-10,13-14,17-19H,2,4-5,8,11-12H2,1H3,(H3,28,29,30,31,32,33). The van der Waals surface area contributed by atoms with Crippen LogP contribution in [0.5, 0.6) is 0 Å². The Bertz CT molecular complexity index is 1360. The highest BCUT2D eigenvalue weighted by Crippen LogP contribution is 2.37. The molecule has 2 saturated heterocycles. The van der Waals surface area contributed by atoms with E-state index in [2.05, 4.69) is 48.9 Å². The van der Waals surface area contributed by atoms with Gasteiger partial charge in [-0.2, -0.15) is 15.3 Å². The van der Waals surface area contributed by atoms with Crippen molar-refractivity contribution in [1.82, 2.24) is 30.0 Å². The quantitative estimate of drug-likeness (QED) is 0.340. The van der Waals surface area contributed by atoms with E-state index >= 15 is 0 Å². The molecule has 1 aromatic carbocycles. The number of nitrogens with one attached hydrogen (secondary N) is 3. The summed E-state index contributed by atoms with van der Waals surface area (Å²) in [6, 6.07) is 11.8. The van der Waals surface area contributed by atoms with Gasteiger partial charge in [-0.25, -0.2) is 9.97 Å². The number of rotatable bonds is 7. The Balaban J connectivity index is 1.31. The molecule has 2 atom stereocenters. The van der Waals surface area contributed by atoms with E-state index in [9.17, 15) is 0 Å². The number of aromatic nitrogens is 5. The van der Waals surface area contributed by atoms with Crippen LogP contribution in [0.1, 0.15) is 37.8 Å². The molecule has 178 valence electrons. The molecular formula is C25H27N9S. The average Bonchev–Trinajstić information content (AvgIpc) is 3.58. The molecule has 0 radical (unpaired) electrons. The molecule has 35 heavy (non-hydrogen) atoms. The summed E-state index contributed by atoms with van der Waals surface area (Å²) in [5.41, 5.74) is 5.67. The summed E-state index contributed by atoms with van der Waals surface area (Å²) in [7, 11) is 0. The maximum atomic E-state index is 9.01. The van der Waals surface area contributed by atoms with Crippen molar-refractivity contribution in [3.63, 3.8) is 0 Å². The second-order valence-electron chi connectivity index (χ2n) is 9.41. The van der Waals surface area contributed by atoms with Crippen LogP contribution in [0.25, 0.3) is 22.2 Å². The van der Waals surface area contributed by atoms with Gasteiger partial charge in [0.25, 0.3) is 0 Å². The van der Waals surface area contributed by atoms with Gasteiger partial charge in [-0.3, -0.25) is 10.00 Å². The first-order valence-corrected chi connectivity index (χ1v) is 13.0. The summed E-state index contributed by atoms with van der Waals surface area (Å²) in [6.07, 6.45) is 5.10. The van der Waals surface area contributed by atoms with E-state index in [-0.39, 0.29) is 0 Å². The molecule has 2 aliphatic heterocycles. The number of hydrogen-bond donors (Lipinski definition) is 3. The van der Waals surface area contributed by atoms with Gasteiger partial charge in [-0.15, -0.1) is 11.3 Å². The molecule has 10 heteroatoms. The lowest BCUT2D eigenvalue weighted by Crippen LogP contribution is -2.47. The minimum Gasteiger partial charge on any atom is -0.351 e. The maximum Gasteiger partial charge on any atom is 0.225 e. The van der Waals surface area contributed by atoms with E-state index < -0.39 is 0 Å². The minimum absolute atomic E-state index is 0.311. The van der Waals surface area contributed by atoms with Crippen LogP contribution >= 0.6 is 11.3 Å². The Morgan fingerprint density at radius 1 is 1.20 bits per heavy atom. The minimum atomic E-state index is 0.311. The van der Waals surface area contributed by atoms with Crippen molar-refractivity contribution in [3.8, 4) is 17.3 Å². The fourth-order valence-corrected chi connectivity index (χ4v) is 6.09. The first kappa shape index (κ1) is 21.9. The predicted molar refractivity (Wildman–Crippen MR) is 138 cm³/mol. The maximum absolute atomic E-state index is 9.01. The van der Waals surface area contributed by atoms with Crippen molar-refractivity contribution in [1.29, 1.82) is 5.26 Å². The number of H-pyrrole nitrogens is 1. The molecule has 2 unspecified atom stereocenters. The third-order valence-corrected chi connectivity index (χ3v) is 7.66. The van der Waals surface area contributed by atoms with Crippen molar-refractivity contribution in [2.24, 2.45) is 0 Å². The number of aromatic amines is 1. The summed E-state index contributed by atoms with van der Waals surface area (Å²) >= 11 is 1.58. The van der Waals surface area contributed by atoms with E-state index in [1.165, 1.54) is 12.8 Å². The van der Waals surface area contributed by atoms with Crippen molar-refractivity contribution in [2.45, 2.75) is 57.2 Å². The number of piperidine rings is 1. The van der Waals surface area contributed by atoms with E-state index in [1.54, 1.807) is 11.3 Å². The van der Waals surface area contributed by atoms with Crippen molar-refractivity contribution in [2.75, 3.05) is 17.2 Å². The Kier molecular flexibility index (Phi) is 5.80. The van der Waals surface area contributed by atoms with E-state index in [0.29, 0.717) is 30.5 Å². The van der Waals surface area contributed by atoms with Crippen molar-refractivity contribution in [3.05, 3.63) is 40.8 Å². The molecule has 2 aliphatic rings. The number of nitrogens with zero attached hydrogens (tertiary/aromatic N) is 6. The smallest absolute Gasteiger partial charge is 0.225 e. The zero-order valence-corrected chi connectivity index (χ0v) is 20.3. The van der Waals surface area contributed by atoms with Crippen LogP contribution in [0.4, 0.5) is 17.6 Å². The third kappa shape index (κ3) is 4.45. The van der Waals surface area contributed by atoms with Crippen molar-refractivity contribution >= 4 is 39.8 Å². The van der Waals surface area contributed by atoms with Gasteiger partial charge in [0, 0.05) is 59.2 Å². The summed E-state index contributed by atoms with van der Waals surface area (Å²) in [6.45, 7) is 2.85. The highest BCUT2D eigenvalue weighted by molar-refractivity contribution is 7.07. The lowest BCUT2D eigenvalue weighted by Gasteiger charge is -2.38. The number of fused-ring (bicyclic) bond motifs is 3. The molecule has 3 N–H and O–H groups in total. The second kappa shape index (κ2) is 9.24. The predicted octanol–water partition coefficient (Wildman–Crippen LogP) is 4.85. The first-order chi connectivity index (χ1) is 17.2. The lowest BCUT2D eigenvalue weighted by molar-refractivity contribution is 0.135. The SMILES string of the molecule is Cc1cc(Nc2nc(NC3CC4CCC(C3)N4CCC#N)nc3cc(-c4cscn4)ccc23)n[nH]1. The third-order valence-electron chi connectivity index (χ3n) is 7.08. The summed E-state index contributed by atoms with van der Waals surface area (Å²) in [4.78, 5) is 16.8. The molecule has 0 amide bonds. The van der Waals surface area contributed by atoms with Gasteiger partial charge in [0.2, 0.25) is 5.95 Å². The van der Waals surface area contributed by atoms with Gasteiger partial charge in [0.1, 0.15) is 5.82 Å². The number of anilines is 3. The summed E-state index contributed by atoms with van der Waals surface area (Å²) in [5, 5.41) is 26.3. The van der Waals surface area contributed by atoms with E-state index in [0.717, 1.165) is 58.9 Å². The molecule has 5 heterocycles. The molecule has 6 rings (SSSR count). The van der Waals surface area contributed by atoms with Crippen molar-refractivity contribution < 1.29 is 0 Å². The first-order valence-electron chi connectivity index (χ1n) is 12.0. The molecule has 0 aliphatic carbocycles. The normalized spacial score (nSPS) is 21.8. The number of aryl methyl sites for hydroxylation is 1. The van der Waals surface area contributed by atoms with Crippen LogP contribution in [-0.2, 0) is 0 Å². The summed E-state index contributed by atoms with van der Waals surface area (Å²) in [5.74, 6) is 2.07. The molecule has 3 aromatic heterocycles. The van der Waals surface area contributed by atoms with Gasteiger partial charge in [-0.1, -0.05) is 6.07 Å². The molecule has 2 bridgehead atoms. The Morgan fingerprint density at radius 3 is 2.77 bits per heavy atom. The molecule has 0 saturated carbocycles. The van der Waals surface area contributed by atoms with Gasteiger partial charge < -0.3 is 10.6 Å². The Hall–Kier alpha value is -3.55. The zero-order chi connectivity index (χ0) is 23.8. The topological polar surface area (TPSA) is 118 Å². The van der Waals surface area contributed by atoms with Crippen LogP contribution < -0.4 is 10.6 Å². The molecule has 0 spiro atoms. The van der Waals surface area contributed by atoms with Crippen LogP contribution in [0.3, 0.4) is 0 Å². The Morgan fingerprint density at radius 2 is 2.06 bits per heavy atom. The van der Waals surface area contributed by atoms with Crippen LogP contribution in [-0.4, -0.2) is 54.7 Å². The average molecular weight is 486 g/mol. The van der Waals surface area contributed by atoms with Crippen LogP contribution in [0.2, 0.25) is 0 Å². The van der Waals surface area contributed by atoms with Gasteiger partial charge in [-0.05, 0) is 44.7 Å². The van der Waals surface area contributed by atoms with Gasteiger partial charge >= 0.3 is 0 Å². The monoisotopic (exact) mass is 485 g/mol. The van der Waals surface area contributed by atoms with E-state index in [4.69, 9.17) is 15.2 Å². The molecular weight excluding hydrogens is 458 g/mol. The number of thiazole rings is 1. The molecule has 2 fully saturated rings. The van der Waals surface area contributed by atoms with Gasteiger partial charge in [0.05, 0.1) is 22.8 Å². The van der Waals surface area contributed by atoms with Crippen LogP contribution in [0, 0.1) is 18.3 Å². The fraction of sp³-hybridized carbons (Fsp3) is 0.400. The van der Waals surface area contributed by atoms with E-state index in [1.807, 2.05) is 29.9 Å². The zero-order valence-electron chi connectivity index (χ0n) is 19.5. The number of hydrogen-bond acceptors (Lipinski definition) is 9. The summed E-state index contributed by atoms with van der Waals surface area (Å²) < 4.78 is 0. The molecule has 9 nitrogen and oxygen atoms in total. The van der Waals surface area contributed by atoms with Gasteiger partial charge in [0.15, 0.2) is 5.82 Å². The lowest BCUT2D eigenvalue weighted by atomic mass is 9.97. The highest BCUT2D eigenvalue weighted by Gasteiger charge is 2.40. The number of benzene rings is 1.